The van der Waals surface area contributed by atoms with Gasteiger partial charge in [-0.2, -0.15) is 0 Å². The molecule has 1 aromatic rings. The van der Waals surface area contributed by atoms with Gasteiger partial charge in [0.1, 0.15) is 0 Å². The molecule has 2 heterocycles. The zero-order valence-corrected chi connectivity index (χ0v) is 21.5. The van der Waals surface area contributed by atoms with E-state index in [4.69, 9.17) is 4.74 Å². The Kier molecular flexibility index (Phi) is 12.6. The molecule has 0 unspecified atom stereocenters. The van der Waals surface area contributed by atoms with Crippen LogP contribution in [-0.2, 0) is 9.53 Å². The van der Waals surface area contributed by atoms with Gasteiger partial charge in [0, 0.05) is 71.7 Å². The summed E-state index contributed by atoms with van der Waals surface area (Å²) in [5.41, 5.74) is 0. The number of aromatic nitrogens is 2. The number of hydrogen-bond donors (Lipinski definition) is 2. The van der Waals surface area contributed by atoms with Gasteiger partial charge < -0.3 is 25.2 Å². The molecule has 1 saturated carbocycles. The van der Waals surface area contributed by atoms with Crippen molar-refractivity contribution in [3.63, 3.8) is 0 Å². The van der Waals surface area contributed by atoms with Gasteiger partial charge in [0.05, 0.1) is 6.10 Å². The first-order chi connectivity index (χ1) is 15.3. The predicted octanol–water partition coefficient (Wildman–Crippen LogP) is 2.04. The van der Waals surface area contributed by atoms with Crippen LogP contribution in [0.3, 0.4) is 0 Å². The third-order valence-electron chi connectivity index (χ3n) is 5.84. The fraction of sp³-hybridized carbons (Fsp3) is 0.727. The monoisotopic (exact) mass is 559 g/mol. The predicted molar refractivity (Wildman–Crippen MR) is 138 cm³/mol. The van der Waals surface area contributed by atoms with E-state index in [2.05, 4.69) is 30.5 Å². The standard InChI is InChI=1S/C22H37N7O2.HI/c1-23-21(24-12-6-18-31-19-7-3-2-4-8-19)25-13-9-20(30)28-14-16-29(17-15-28)22-26-10-5-11-27-22;/h5,10-11,19H,2-4,6-9,12-18H2,1H3,(H2,23,24,25);1H. The number of aliphatic imine (C=N–C) groups is 1. The summed E-state index contributed by atoms with van der Waals surface area (Å²) in [5.74, 6) is 1.63. The molecule has 0 bridgehead atoms. The van der Waals surface area contributed by atoms with E-state index >= 15 is 0 Å². The van der Waals surface area contributed by atoms with Crippen LogP contribution >= 0.6 is 24.0 Å². The van der Waals surface area contributed by atoms with E-state index in [1.807, 2.05) is 11.0 Å². The van der Waals surface area contributed by atoms with Crippen LogP contribution < -0.4 is 15.5 Å². The van der Waals surface area contributed by atoms with Crippen LogP contribution in [0.4, 0.5) is 5.95 Å². The Morgan fingerprint density at radius 1 is 1.09 bits per heavy atom. The van der Waals surface area contributed by atoms with Crippen molar-refractivity contribution in [1.82, 2.24) is 25.5 Å². The smallest absolute Gasteiger partial charge is 0.225 e. The lowest BCUT2D eigenvalue weighted by atomic mass is 9.98. The Bertz CT molecular complexity index is 678. The summed E-state index contributed by atoms with van der Waals surface area (Å²) >= 11 is 0. The second-order valence-electron chi connectivity index (χ2n) is 8.08. The van der Waals surface area contributed by atoms with Gasteiger partial charge in [-0.1, -0.05) is 19.3 Å². The highest BCUT2D eigenvalue weighted by molar-refractivity contribution is 14.0. The third-order valence-corrected chi connectivity index (χ3v) is 5.84. The SMILES string of the molecule is CN=C(NCCCOC1CCCCC1)NCCC(=O)N1CCN(c2ncccn2)CC1.I. The quantitative estimate of drug-likeness (QED) is 0.207. The molecular formula is C22H38IN7O2. The summed E-state index contributed by atoms with van der Waals surface area (Å²) in [6, 6.07) is 1.81. The zero-order valence-electron chi connectivity index (χ0n) is 19.2. The zero-order chi connectivity index (χ0) is 21.7. The van der Waals surface area contributed by atoms with E-state index in [1.54, 1.807) is 19.4 Å². The average molecular weight is 559 g/mol. The number of halogens is 1. The van der Waals surface area contributed by atoms with Crippen molar-refractivity contribution in [2.45, 2.75) is 51.0 Å². The second-order valence-corrected chi connectivity index (χ2v) is 8.08. The molecular weight excluding hydrogens is 521 g/mol. The van der Waals surface area contributed by atoms with Crippen molar-refractivity contribution in [3.8, 4) is 0 Å². The fourth-order valence-electron chi connectivity index (χ4n) is 4.04. The molecule has 10 heteroatoms. The van der Waals surface area contributed by atoms with Gasteiger partial charge in [0.2, 0.25) is 11.9 Å². The van der Waals surface area contributed by atoms with E-state index < -0.39 is 0 Å². The van der Waals surface area contributed by atoms with Gasteiger partial charge in [0.25, 0.3) is 0 Å². The van der Waals surface area contributed by atoms with Crippen molar-refractivity contribution in [1.29, 1.82) is 0 Å². The van der Waals surface area contributed by atoms with Crippen LogP contribution in [-0.4, -0.2) is 85.8 Å². The van der Waals surface area contributed by atoms with Gasteiger partial charge in [-0.15, -0.1) is 24.0 Å². The summed E-state index contributed by atoms with van der Waals surface area (Å²) in [5, 5.41) is 6.53. The number of hydrogen-bond acceptors (Lipinski definition) is 6. The van der Waals surface area contributed by atoms with E-state index in [9.17, 15) is 4.79 Å². The summed E-state index contributed by atoms with van der Waals surface area (Å²) < 4.78 is 5.95. The molecule has 3 rings (SSSR count). The molecule has 2 aliphatic rings. The number of carbonyl (C=O) groups is 1. The van der Waals surface area contributed by atoms with Gasteiger partial charge in [0.15, 0.2) is 5.96 Å². The lowest BCUT2D eigenvalue weighted by Crippen LogP contribution is -2.50. The van der Waals surface area contributed by atoms with Gasteiger partial charge in [-0.05, 0) is 25.3 Å². The molecule has 1 aliphatic carbocycles. The highest BCUT2D eigenvalue weighted by Gasteiger charge is 2.22. The van der Waals surface area contributed by atoms with Gasteiger partial charge in [-0.25, -0.2) is 9.97 Å². The van der Waals surface area contributed by atoms with Crippen molar-refractivity contribution < 1.29 is 9.53 Å². The Morgan fingerprint density at radius 2 is 1.78 bits per heavy atom. The molecule has 1 amide bonds. The number of amides is 1. The lowest BCUT2D eigenvalue weighted by Gasteiger charge is -2.34. The molecule has 1 saturated heterocycles. The first-order valence-corrected chi connectivity index (χ1v) is 11.6. The maximum Gasteiger partial charge on any atom is 0.225 e. The van der Waals surface area contributed by atoms with Crippen molar-refractivity contribution in [2.75, 3.05) is 57.8 Å². The van der Waals surface area contributed by atoms with E-state index in [-0.39, 0.29) is 29.9 Å². The first kappa shape index (κ1) is 26.6. The Hall–Kier alpha value is -1.69. The Labute approximate surface area is 208 Å². The van der Waals surface area contributed by atoms with Crippen LogP contribution in [0.2, 0.25) is 0 Å². The number of nitrogens with one attached hydrogen (secondary N) is 2. The average Bonchev–Trinajstić information content (AvgIpc) is 2.84. The molecule has 180 valence electrons. The van der Waals surface area contributed by atoms with Crippen LogP contribution in [0.5, 0.6) is 0 Å². The van der Waals surface area contributed by atoms with E-state index in [1.165, 1.54) is 32.1 Å². The number of carbonyl (C=O) groups excluding carboxylic acids is 1. The normalized spacial score (nSPS) is 17.6. The highest BCUT2D eigenvalue weighted by Crippen LogP contribution is 2.20. The van der Waals surface area contributed by atoms with E-state index in [0.717, 1.165) is 44.6 Å². The third kappa shape index (κ3) is 9.05. The number of anilines is 1. The maximum absolute atomic E-state index is 12.5. The number of piperazine rings is 1. The van der Waals surface area contributed by atoms with Crippen LogP contribution in [0.25, 0.3) is 0 Å². The summed E-state index contributed by atoms with van der Waals surface area (Å²) in [6.07, 6.45) is 11.7. The second kappa shape index (κ2) is 15.2. The molecule has 9 nitrogen and oxygen atoms in total. The largest absolute Gasteiger partial charge is 0.378 e. The molecule has 0 atom stereocenters. The summed E-state index contributed by atoms with van der Waals surface area (Å²) in [7, 11) is 1.75. The molecule has 2 N–H and O–H groups in total. The maximum atomic E-state index is 12.5. The summed E-state index contributed by atoms with van der Waals surface area (Å²) in [6.45, 7) is 5.08. The topological polar surface area (TPSA) is 95.0 Å². The minimum Gasteiger partial charge on any atom is -0.378 e. The number of guanidine groups is 1. The van der Waals surface area contributed by atoms with Crippen molar-refractivity contribution in [3.05, 3.63) is 18.5 Å². The number of rotatable bonds is 9. The van der Waals surface area contributed by atoms with Gasteiger partial charge in [-0.3, -0.25) is 9.79 Å². The van der Waals surface area contributed by atoms with E-state index in [0.29, 0.717) is 32.2 Å². The molecule has 0 aromatic carbocycles. The number of ether oxygens (including phenoxy) is 1. The van der Waals surface area contributed by atoms with Crippen LogP contribution in [0.1, 0.15) is 44.9 Å². The number of nitrogens with zero attached hydrogens (tertiary/aromatic N) is 5. The molecule has 32 heavy (non-hydrogen) atoms. The fourth-order valence-corrected chi connectivity index (χ4v) is 4.04. The van der Waals surface area contributed by atoms with Crippen LogP contribution in [0, 0.1) is 0 Å². The van der Waals surface area contributed by atoms with Gasteiger partial charge >= 0.3 is 0 Å². The van der Waals surface area contributed by atoms with Crippen LogP contribution in [0.15, 0.2) is 23.5 Å². The Morgan fingerprint density at radius 3 is 2.47 bits per heavy atom. The Balaban J connectivity index is 0.00000363. The molecule has 1 aromatic heterocycles. The molecule has 0 spiro atoms. The minimum atomic E-state index is 0. The minimum absolute atomic E-state index is 0. The molecule has 2 fully saturated rings. The lowest BCUT2D eigenvalue weighted by molar-refractivity contribution is -0.131. The molecule has 0 radical (unpaired) electrons. The first-order valence-electron chi connectivity index (χ1n) is 11.6. The van der Waals surface area contributed by atoms with Crippen molar-refractivity contribution in [2.24, 2.45) is 4.99 Å². The summed E-state index contributed by atoms with van der Waals surface area (Å²) in [4.78, 5) is 29.4. The van der Waals surface area contributed by atoms with Crippen molar-refractivity contribution >= 4 is 41.8 Å². The molecule has 1 aliphatic heterocycles. The highest BCUT2D eigenvalue weighted by atomic mass is 127.